The van der Waals surface area contributed by atoms with E-state index >= 15 is 0 Å². The Morgan fingerprint density at radius 2 is 2.18 bits per heavy atom. The molecule has 1 saturated heterocycles. The second-order valence-electron chi connectivity index (χ2n) is 4.63. The molecule has 0 aromatic heterocycles. The molecule has 1 heterocycles. The molecule has 0 aliphatic carbocycles. The molecule has 1 aliphatic rings. The summed E-state index contributed by atoms with van der Waals surface area (Å²) in [6.07, 6.45) is 0.647. The van der Waals surface area contributed by atoms with Crippen LogP contribution in [-0.2, 0) is 4.74 Å². The number of hydrogen-bond donors (Lipinski definition) is 2. The zero-order valence-corrected chi connectivity index (χ0v) is 9.89. The van der Waals surface area contributed by atoms with Crippen LogP contribution in [0.4, 0.5) is 20.2 Å². The molecule has 1 aromatic rings. The summed E-state index contributed by atoms with van der Waals surface area (Å²) in [5.74, 6) is -1.85. The van der Waals surface area contributed by atoms with E-state index in [1.54, 1.807) is 0 Å². The fourth-order valence-corrected chi connectivity index (χ4v) is 1.98. The molecule has 0 spiro atoms. The van der Waals surface area contributed by atoms with Crippen LogP contribution in [0, 0.1) is 11.6 Å². The second kappa shape index (κ2) is 4.14. The van der Waals surface area contributed by atoms with Crippen molar-refractivity contribution < 1.29 is 13.5 Å². The Morgan fingerprint density at radius 3 is 2.76 bits per heavy atom. The van der Waals surface area contributed by atoms with Crippen LogP contribution in [0.25, 0.3) is 0 Å². The highest BCUT2D eigenvalue weighted by Crippen LogP contribution is 2.33. The molecule has 0 radical (unpaired) electrons. The third-order valence-electron chi connectivity index (χ3n) is 3.42. The largest absolute Gasteiger partial charge is 0.397 e. The average molecular weight is 242 g/mol. The van der Waals surface area contributed by atoms with Gasteiger partial charge in [0.25, 0.3) is 0 Å². The summed E-state index contributed by atoms with van der Waals surface area (Å²) in [5, 5.41) is 2.98. The topological polar surface area (TPSA) is 47.3 Å². The smallest absolute Gasteiger partial charge is 0.183 e. The van der Waals surface area contributed by atoms with Gasteiger partial charge in [-0.1, -0.05) is 0 Å². The molecule has 1 aliphatic heterocycles. The summed E-state index contributed by atoms with van der Waals surface area (Å²) >= 11 is 0. The van der Waals surface area contributed by atoms with Crippen molar-refractivity contribution >= 4 is 11.4 Å². The maximum Gasteiger partial charge on any atom is 0.183 e. The first kappa shape index (κ1) is 12.1. The Kier molecular flexibility index (Phi) is 2.95. The maximum atomic E-state index is 13.7. The van der Waals surface area contributed by atoms with Gasteiger partial charge in [-0.3, -0.25) is 0 Å². The molecule has 3 nitrogen and oxygen atoms in total. The Labute approximate surface area is 98.9 Å². The maximum absolute atomic E-state index is 13.7. The Balaban J connectivity index is 2.33. The Bertz CT molecular complexity index is 439. The first-order chi connectivity index (χ1) is 7.94. The highest BCUT2D eigenvalue weighted by molar-refractivity contribution is 5.68. The summed E-state index contributed by atoms with van der Waals surface area (Å²) in [6.45, 7) is 4.41. The Morgan fingerprint density at radius 1 is 1.47 bits per heavy atom. The van der Waals surface area contributed by atoms with Crippen LogP contribution >= 0.6 is 0 Å². The quantitative estimate of drug-likeness (QED) is 0.783. The summed E-state index contributed by atoms with van der Waals surface area (Å²) in [5.41, 5.74) is 5.45. The third-order valence-corrected chi connectivity index (χ3v) is 3.42. The molecule has 5 heteroatoms. The van der Waals surface area contributed by atoms with Crippen molar-refractivity contribution in [2.75, 3.05) is 17.7 Å². The van der Waals surface area contributed by atoms with Crippen molar-refractivity contribution in [3.8, 4) is 0 Å². The molecule has 0 bridgehead atoms. The Hall–Kier alpha value is -1.36. The van der Waals surface area contributed by atoms with Crippen molar-refractivity contribution in [1.82, 2.24) is 0 Å². The molecule has 0 saturated carbocycles. The van der Waals surface area contributed by atoms with Crippen LogP contribution in [0.5, 0.6) is 0 Å². The summed E-state index contributed by atoms with van der Waals surface area (Å²) in [6, 6.07) is 2.37. The third kappa shape index (κ3) is 2.07. The zero-order valence-electron chi connectivity index (χ0n) is 9.89. The summed E-state index contributed by atoms with van der Waals surface area (Å²) in [4.78, 5) is 0. The minimum absolute atomic E-state index is 0.0184. The van der Waals surface area contributed by atoms with E-state index in [1.165, 1.54) is 6.07 Å². The van der Waals surface area contributed by atoms with Crippen LogP contribution in [-0.4, -0.2) is 18.2 Å². The first-order valence-electron chi connectivity index (χ1n) is 5.57. The van der Waals surface area contributed by atoms with E-state index in [4.69, 9.17) is 10.5 Å². The van der Waals surface area contributed by atoms with Gasteiger partial charge in [-0.15, -0.1) is 0 Å². The second-order valence-corrected chi connectivity index (χ2v) is 4.63. The van der Waals surface area contributed by atoms with E-state index in [1.807, 2.05) is 13.8 Å². The van der Waals surface area contributed by atoms with Crippen molar-refractivity contribution in [1.29, 1.82) is 0 Å². The standard InChI is InChI=1S/C12H16F2N2O/c1-7-12(2,5-6-17-7)16-11-9(15)4-3-8(13)10(11)14/h3-4,7,16H,5-6,15H2,1-2H3. The van der Waals surface area contributed by atoms with Gasteiger partial charge in [0.2, 0.25) is 0 Å². The van der Waals surface area contributed by atoms with E-state index in [-0.39, 0.29) is 17.5 Å². The van der Waals surface area contributed by atoms with Crippen LogP contribution in [0.3, 0.4) is 0 Å². The molecule has 2 unspecified atom stereocenters. The lowest BCUT2D eigenvalue weighted by atomic mass is 9.94. The van der Waals surface area contributed by atoms with E-state index in [9.17, 15) is 8.78 Å². The normalized spacial score (nSPS) is 28.4. The number of halogens is 2. The van der Waals surface area contributed by atoms with Crippen LogP contribution in [0.15, 0.2) is 12.1 Å². The van der Waals surface area contributed by atoms with Crippen molar-refractivity contribution in [2.24, 2.45) is 0 Å². The minimum atomic E-state index is -0.940. The number of benzene rings is 1. The van der Waals surface area contributed by atoms with Crippen molar-refractivity contribution in [3.63, 3.8) is 0 Å². The van der Waals surface area contributed by atoms with E-state index in [0.717, 1.165) is 12.5 Å². The van der Waals surface area contributed by atoms with Crippen LogP contribution < -0.4 is 11.1 Å². The minimum Gasteiger partial charge on any atom is -0.397 e. The molecule has 1 fully saturated rings. The number of nitrogens with one attached hydrogen (secondary N) is 1. The fourth-order valence-electron chi connectivity index (χ4n) is 1.98. The molecule has 2 rings (SSSR count). The summed E-state index contributed by atoms with van der Waals surface area (Å²) < 4.78 is 32.2. The lowest BCUT2D eigenvalue weighted by Crippen LogP contribution is -2.41. The lowest BCUT2D eigenvalue weighted by Gasteiger charge is -2.30. The number of ether oxygens (including phenoxy) is 1. The van der Waals surface area contributed by atoms with Gasteiger partial charge in [-0.25, -0.2) is 8.78 Å². The predicted molar refractivity (Wildman–Crippen MR) is 62.8 cm³/mol. The molecular weight excluding hydrogens is 226 g/mol. The predicted octanol–water partition coefficient (Wildman–Crippen LogP) is 2.53. The van der Waals surface area contributed by atoms with Gasteiger partial charge in [-0.2, -0.15) is 0 Å². The van der Waals surface area contributed by atoms with Gasteiger partial charge in [0.1, 0.15) is 0 Å². The first-order valence-corrected chi connectivity index (χ1v) is 5.57. The van der Waals surface area contributed by atoms with E-state index < -0.39 is 17.2 Å². The number of hydrogen-bond acceptors (Lipinski definition) is 3. The van der Waals surface area contributed by atoms with Gasteiger partial charge in [0.05, 0.1) is 23.0 Å². The van der Waals surface area contributed by atoms with Gasteiger partial charge in [0, 0.05) is 6.61 Å². The number of nitrogens with two attached hydrogens (primary N) is 1. The average Bonchev–Trinajstić information content (AvgIpc) is 2.60. The summed E-state index contributed by atoms with van der Waals surface area (Å²) in [7, 11) is 0. The van der Waals surface area contributed by atoms with E-state index in [0.29, 0.717) is 6.61 Å². The molecule has 17 heavy (non-hydrogen) atoms. The molecule has 94 valence electrons. The van der Waals surface area contributed by atoms with Gasteiger partial charge in [-0.05, 0) is 32.4 Å². The fraction of sp³-hybridized carbons (Fsp3) is 0.500. The van der Waals surface area contributed by atoms with E-state index in [2.05, 4.69) is 5.32 Å². The van der Waals surface area contributed by atoms with Crippen LogP contribution in [0.2, 0.25) is 0 Å². The van der Waals surface area contributed by atoms with Gasteiger partial charge in [0.15, 0.2) is 11.6 Å². The lowest BCUT2D eigenvalue weighted by molar-refractivity contribution is 0.105. The highest BCUT2D eigenvalue weighted by Gasteiger charge is 2.38. The zero-order chi connectivity index (χ0) is 12.6. The monoisotopic (exact) mass is 242 g/mol. The molecule has 3 N–H and O–H groups in total. The van der Waals surface area contributed by atoms with Gasteiger partial charge < -0.3 is 15.8 Å². The van der Waals surface area contributed by atoms with Crippen molar-refractivity contribution in [2.45, 2.75) is 31.9 Å². The molecule has 1 aromatic carbocycles. The van der Waals surface area contributed by atoms with Gasteiger partial charge >= 0.3 is 0 Å². The number of nitrogen functional groups attached to an aromatic ring is 1. The van der Waals surface area contributed by atoms with Crippen molar-refractivity contribution in [3.05, 3.63) is 23.8 Å². The molecule has 0 amide bonds. The van der Waals surface area contributed by atoms with Crippen LogP contribution in [0.1, 0.15) is 20.3 Å². The number of rotatable bonds is 2. The SMILES string of the molecule is CC1OCCC1(C)Nc1c(N)ccc(F)c1F. The number of anilines is 2. The molecular formula is C12H16F2N2O. The highest BCUT2D eigenvalue weighted by atomic mass is 19.2. The molecule has 2 atom stereocenters.